The molecule has 1 aliphatic heterocycles. The molecule has 1 amide bonds. The van der Waals surface area contributed by atoms with E-state index in [0.717, 1.165) is 6.42 Å². The molecule has 0 spiro atoms. The van der Waals surface area contributed by atoms with Crippen LogP contribution in [0.2, 0.25) is 0 Å². The molecule has 0 aromatic rings. The van der Waals surface area contributed by atoms with Crippen molar-refractivity contribution in [3.63, 3.8) is 0 Å². The van der Waals surface area contributed by atoms with E-state index < -0.39 is 24.0 Å². The molecule has 2 N–H and O–H groups in total. The van der Waals surface area contributed by atoms with E-state index in [1.54, 1.807) is 20.8 Å². The van der Waals surface area contributed by atoms with Crippen molar-refractivity contribution in [2.24, 2.45) is 5.92 Å². The molecule has 0 aliphatic carbocycles. The lowest BCUT2D eigenvalue weighted by Gasteiger charge is -2.39. The van der Waals surface area contributed by atoms with Crippen LogP contribution in [0.1, 0.15) is 40.5 Å². The summed E-state index contributed by atoms with van der Waals surface area (Å²) in [5.41, 5.74) is -0.575. The van der Waals surface area contributed by atoms with Gasteiger partial charge in [-0.25, -0.2) is 4.79 Å². The van der Waals surface area contributed by atoms with Crippen molar-refractivity contribution < 1.29 is 19.7 Å². The van der Waals surface area contributed by atoms with E-state index in [-0.39, 0.29) is 12.3 Å². The molecule has 0 saturated carbocycles. The van der Waals surface area contributed by atoms with E-state index in [2.05, 4.69) is 0 Å². The Labute approximate surface area is 102 Å². The molecule has 3 atom stereocenters. The zero-order valence-corrected chi connectivity index (χ0v) is 11.0. The molecule has 5 nitrogen and oxygen atoms in total. The van der Waals surface area contributed by atoms with Crippen LogP contribution in [0.5, 0.6) is 0 Å². The van der Waals surface area contributed by atoms with E-state index in [4.69, 9.17) is 4.74 Å². The molecule has 1 rings (SSSR count). The number of rotatable bonds is 1. The van der Waals surface area contributed by atoms with Crippen molar-refractivity contribution in [3.8, 4) is 0 Å². The average Bonchev–Trinajstić information content (AvgIpc) is 2.14. The Hall–Kier alpha value is -0.810. The van der Waals surface area contributed by atoms with Gasteiger partial charge in [0.05, 0.1) is 6.10 Å². The van der Waals surface area contributed by atoms with E-state index in [1.165, 1.54) is 4.90 Å². The number of likely N-dealkylation sites (tertiary alicyclic amines) is 1. The van der Waals surface area contributed by atoms with Gasteiger partial charge in [0.15, 0.2) is 0 Å². The molecule has 17 heavy (non-hydrogen) atoms. The van der Waals surface area contributed by atoms with Crippen LogP contribution in [0, 0.1) is 5.92 Å². The number of ether oxygens (including phenoxy) is 1. The van der Waals surface area contributed by atoms with Gasteiger partial charge in [-0.05, 0) is 27.2 Å². The van der Waals surface area contributed by atoms with Gasteiger partial charge in [-0.2, -0.15) is 0 Å². The fourth-order valence-electron chi connectivity index (χ4n) is 1.95. The van der Waals surface area contributed by atoms with E-state index in [0.29, 0.717) is 6.54 Å². The third kappa shape index (κ3) is 3.85. The van der Waals surface area contributed by atoms with Crippen LogP contribution in [0.25, 0.3) is 0 Å². The number of hydrogen-bond donors (Lipinski definition) is 2. The lowest BCUT2D eigenvalue weighted by molar-refractivity contribution is -0.0948. The molecule has 1 aliphatic rings. The molecule has 0 radical (unpaired) electrons. The SMILES string of the molecule is CCC1CN(C(=O)OC(C)(C)C)C(O)CC1O. The van der Waals surface area contributed by atoms with Gasteiger partial charge in [0.25, 0.3) is 0 Å². The van der Waals surface area contributed by atoms with Crippen LogP contribution in [0.15, 0.2) is 0 Å². The Morgan fingerprint density at radius 3 is 2.47 bits per heavy atom. The molecule has 0 aromatic heterocycles. The maximum atomic E-state index is 11.9. The van der Waals surface area contributed by atoms with Crippen LogP contribution in [0.3, 0.4) is 0 Å². The molecule has 5 heteroatoms. The summed E-state index contributed by atoms with van der Waals surface area (Å²) >= 11 is 0. The van der Waals surface area contributed by atoms with Crippen LogP contribution in [0.4, 0.5) is 4.79 Å². The van der Waals surface area contributed by atoms with E-state index in [9.17, 15) is 15.0 Å². The summed E-state index contributed by atoms with van der Waals surface area (Å²) < 4.78 is 5.22. The second kappa shape index (κ2) is 5.23. The third-order valence-electron chi connectivity index (χ3n) is 2.94. The van der Waals surface area contributed by atoms with Crippen LogP contribution < -0.4 is 0 Å². The van der Waals surface area contributed by atoms with Gasteiger partial charge >= 0.3 is 6.09 Å². The first-order valence-corrected chi connectivity index (χ1v) is 6.10. The molecule has 0 bridgehead atoms. The standard InChI is InChI=1S/C12H23NO4/c1-5-8-7-13(10(15)6-9(8)14)11(16)17-12(2,3)4/h8-10,14-15H,5-7H2,1-4H3. The molecular formula is C12H23NO4. The predicted octanol–water partition coefficient (Wildman–Crippen LogP) is 1.33. The summed E-state index contributed by atoms with van der Waals surface area (Å²) in [4.78, 5) is 13.2. The fourth-order valence-corrected chi connectivity index (χ4v) is 1.95. The number of nitrogens with zero attached hydrogens (tertiary/aromatic N) is 1. The van der Waals surface area contributed by atoms with Crippen molar-refractivity contribution in [2.75, 3.05) is 6.54 Å². The first-order chi connectivity index (χ1) is 7.74. The Kier molecular flexibility index (Phi) is 4.38. The molecule has 1 saturated heterocycles. The second-order valence-corrected chi connectivity index (χ2v) is 5.58. The maximum Gasteiger partial charge on any atom is 0.412 e. The van der Waals surface area contributed by atoms with Gasteiger partial charge in [0, 0.05) is 18.9 Å². The minimum Gasteiger partial charge on any atom is -0.444 e. The Bertz CT molecular complexity index is 274. The molecular weight excluding hydrogens is 222 g/mol. The summed E-state index contributed by atoms with van der Waals surface area (Å²) in [5, 5.41) is 19.5. The van der Waals surface area contributed by atoms with E-state index in [1.807, 2.05) is 6.92 Å². The number of aliphatic hydroxyl groups is 2. The predicted molar refractivity (Wildman–Crippen MR) is 63.4 cm³/mol. The summed E-state index contributed by atoms with van der Waals surface area (Å²) in [5.74, 6) is 0.00548. The molecule has 100 valence electrons. The summed E-state index contributed by atoms with van der Waals surface area (Å²) in [6.45, 7) is 7.65. The summed E-state index contributed by atoms with van der Waals surface area (Å²) in [7, 11) is 0. The smallest absolute Gasteiger partial charge is 0.412 e. The van der Waals surface area contributed by atoms with Gasteiger partial charge < -0.3 is 14.9 Å². The minimum absolute atomic E-state index is 0.00548. The highest BCUT2D eigenvalue weighted by Gasteiger charge is 2.37. The van der Waals surface area contributed by atoms with Crippen molar-refractivity contribution in [2.45, 2.75) is 58.5 Å². The zero-order chi connectivity index (χ0) is 13.2. The number of hydrogen-bond acceptors (Lipinski definition) is 4. The van der Waals surface area contributed by atoms with Crippen LogP contribution in [-0.2, 0) is 4.74 Å². The van der Waals surface area contributed by atoms with Crippen molar-refractivity contribution in [3.05, 3.63) is 0 Å². The lowest BCUT2D eigenvalue weighted by Crippen LogP contribution is -2.53. The van der Waals surface area contributed by atoms with Crippen molar-refractivity contribution in [1.82, 2.24) is 4.90 Å². The first-order valence-electron chi connectivity index (χ1n) is 6.10. The van der Waals surface area contributed by atoms with Gasteiger partial charge in [-0.1, -0.05) is 6.92 Å². The normalized spacial score (nSPS) is 30.2. The van der Waals surface area contributed by atoms with Crippen LogP contribution >= 0.6 is 0 Å². The number of carbonyl (C=O) groups excluding carboxylic acids is 1. The topological polar surface area (TPSA) is 70.0 Å². The molecule has 3 unspecified atom stereocenters. The quantitative estimate of drug-likeness (QED) is 0.731. The molecule has 1 fully saturated rings. The maximum absolute atomic E-state index is 11.9. The average molecular weight is 245 g/mol. The number of aliphatic hydroxyl groups excluding tert-OH is 2. The third-order valence-corrected chi connectivity index (χ3v) is 2.94. The highest BCUT2D eigenvalue weighted by Crippen LogP contribution is 2.25. The minimum atomic E-state index is -0.956. The Balaban J connectivity index is 2.66. The lowest BCUT2D eigenvalue weighted by atomic mass is 9.92. The van der Waals surface area contributed by atoms with Gasteiger partial charge in [0.2, 0.25) is 0 Å². The summed E-state index contributed by atoms with van der Waals surface area (Å²) in [6, 6.07) is 0. The Morgan fingerprint density at radius 2 is 2.00 bits per heavy atom. The zero-order valence-electron chi connectivity index (χ0n) is 11.0. The van der Waals surface area contributed by atoms with Gasteiger partial charge in [-0.15, -0.1) is 0 Å². The second-order valence-electron chi connectivity index (χ2n) is 5.58. The van der Waals surface area contributed by atoms with Gasteiger partial charge in [0.1, 0.15) is 11.8 Å². The Morgan fingerprint density at radius 1 is 1.41 bits per heavy atom. The highest BCUT2D eigenvalue weighted by molar-refractivity contribution is 5.68. The van der Waals surface area contributed by atoms with E-state index >= 15 is 0 Å². The monoisotopic (exact) mass is 245 g/mol. The highest BCUT2D eigenvalue weighted by atomic mass is 16.6. The molecule has 0 aromatic carbocycles. The first kappa shape index (κ1) is 14.3. The summed E-state index contributed by atoms with van der Waals surface area (Å²) in [6.07, 6.45) is -1.06. The van der Waals surface area contributed by atoms with Crippen molar-refractivity contribution in [1.29, 1.82) is 0 Å². The van der Waals surface area contributed by atoms with Crippen LogP contribution in [-0.4, -0.2) is 45.7 Å². The molecule has 1 heterocycles. The largest absolute Gasteiger partial charge is 0.444 e. The number of amides is 1. The van der Waals surface area contributed by atoms with Gasteiger partial charge in [-0.3, -0.25) is 4.90 Å². The van der Waals surface area contributed by atoms with Crippen molar-refractivity contribution >= 4 is 6.09 Å². The fraction of sp³-hybridized carbons (Fsp3) is 0.917. The number of piperidine rings is 1. The number of carbonyl (C=O) groups is 1.